The highest BCUT2D eigenvalue weighted by Gasteiger charge is 2.41. The Hall–Kier alpha value is -4.77. The second kappa shape index (κ2) is 13.7. The Morgan fingerprint density at radius 3 is 2.39 bits per heavy atom. The molecule has 0 bridgehead atoms. The number of nitrogens with one attached hydrogen (secondary N) is 1. The minimum atomic E-state index is -0.884. The zero-order valence-electron chi connectivity index (χ0n) is 25.4. The highest BCUT2D eigenvalue weighted by molar-refractivity contribution is 5.96. The first-order chi connectivity index (χ1) is 22.3. The average Bonchev–Trinajstić information content (AvgIpc) is 3.79. The summed E-state index contributed by atoms with van der Waals surface area (Å²) in [4.78, 5) is 43.0. The third-order valence-corrected chi connectivity index (χ3v) is 9.09. The van der Waals surface area contributed by atoms with Gasteiger partial charge in [-0.15, -0.1) is 0 Å². The molecule has 11 heteroatoms. The van der Waals surface area contributed by atoms with E-state index in [1.165, 1.54) is 24.3 Å². The highest BCUT2D eigenvalue weighted by atomic mass is 19.1. The van der Waals surface area contributed by atoms with Gasteiger partial charge in [0.2, 0.25) is 0 Å². The zero-order chi connectivity index (χ0) is 32.2. The summed E-state index contributed by atoms with van der Waals surface area (Å²) >= 11 is 0. The number of hydrogen-bond donors (Lipinski definition) is 2. The maximum absolute atomic E-state index is 14.6. The minimum absolute atomic E-state index is 0.0755. The van der Waals surface area contributed by atoms with Crippen molar-refractivity contribution in [3.05, 3.63) is 111 Å². The van der Waals surface area contributed by atoms with Crippen molar-refractivity contribution in [3.8, 4) is 5.75 Å². The SMILES string of the molecule is O=C(NC[C@H]1CCCO1)c1ccc(N2C=C(C3CCCC3)N(Cc3ccc(O)cc3)C(=O)[C@@H]2Cc2ccc(F)cc2)c([N+](=O)[O-])c1. The number of nitro benzene ring substituents is 1. The number of anilines is 1. The number of ether oxygens (including phenoxy) is 1. The van der Waals surface area contributed by atoms with Gasteiger partial charge < -0.3 is 25.0 Å². The van der Waals surface area contributed by atoms with E-state index in [0.717, 1.165) is 49.8 Å². The Balaban J connectivity index is 1.40. The van der Waals surface area contributed by atoms with E-state index in [1.807, 2.05) is 6.20 Å². The van der Waals surface area contributed by atoms with Crippen LogP contribution in [0.5, 0.6) is 5.75 Å². The molecule has 2 fully saturated rings. The van der Waals surface area contributed by atoms with E-state index in [0.29, 0.717) is 18.7 Å². The van der Waals surface area contributed by atoms with Crippen molar-refractivity contribution in [1.82, 2.24) is 10.2 Å². The van der Waals surface area contributed by atoms with Gasteiger partial charge in [0, 0.05) is 49.0 Å². The second-order valence-corrected chi connectivity index (χ2v) is 12.2. The van der Waals surface area contributed by atoms with Crippen LogP contribution >= 0.6 is 0 Å². The highest BCUT2D eigenvalue weighted by Crippen LogP contribution is 2.41. The van der Waals surface area contributed by atoms with E-state index < -0.39 is 22.7 Å². The van der Waals surface area contributed by atoms with Crippen LogP contribution in [0, 0.1) is 21.8 Å². The molecule has 46 heavy (non-hydrogen) atoms. The van der Waals surface area contributed by atoms with Gasteiger partial charge in [-0.25, -0.2) is 4.39 Å². The fourth-order valence-corrected chi connectivity index (χ4v) is 6.64. The molecule has 1 saturated heterocycles. The van der Waals surface area contributed by atoms with Crippen LogP contribution in [0.4, 0.5) is 15.8 Å². The van der Waals surface area contributed by atoms with Gasteiger partial charge in [-0.2, -0.15) is 0 Å². The first kappa shape index (κ1) is 31.2. The van der Waals surface area contributed by atoms with Crippen molar-refractivity contribution in [2.45, 2.75) is 63.6 Å². The van der Waals surface area contributed by atoms with Crippen molar-refractivity contribution < 1.29 is 28.7 Å². The van der Waals surface area contributed by atoms with Crippen molar-refractivity contribution >= 4 is 23.2 Å². The molecule has 6 rings (SSSR count). The third kappa shape index (κ3) is 6.89. The molecule has 10 nitrogen and oxygen atoms in total. The van der Waals surface area contributed by atoms with Gasteiger partial charge in [0.05, 0.1) is 17.6 Å². The van der Waals surface area contributed by atoms with Gasteiger partial charge in [-0.05, 0) is 73.2 Å². The molecule has 240 valence electrons. The lowest BCUT2D eigenvalue weighted by atomic mass is 9.95. The molecule has 2 aliphatic heterocycles. The topological polar surface area (TPSA) is 125 Å². The molecule has 3 aromatic rings. The van der Waals surface area contributed by atoms with Crippen molar-refractivity contribution in [2.75, 3.05) is 18.1 Å². The van der Waals surface area contributed by atoms with Gasteiger partial charge in [0.15, 0.2) is 0 Å². The number of halogens is 1. The van der Waals surface area contributed by atoms with Crippen LogP contribution in [0.25, 0.3) is 0 Å². The Labute approximate surface area is 266 Å². The summed E-state index contributed by atoms with van der Waals surface area (Å²) < 4.78 is 19.4. The number of phenols is 1. The van der Waals surface area contributed by atoms with E-state index in [2.05, 4.69) is 5.32 Å². The maximum atomic E-state index is 14.6. The van der Waals surface area contributed by atoms with Crippen molar-refractivity contribution in [1.29, 1.82) is 0 Å². The molecule has 1 saturated carbocycles. The quantitative estimate of drug-likeness (QED) is 0.214. The number of benzene rings is 3. The number of carbonyl (C=O) groups is 2. The van der Waals surface area contributed by atoms with Gasteiger partial charge in [0.1, 0.15) is 23.3 Å². The van der Waals surface area contributed by atoms with Gasteiger partial charge in [-0.1, -0.05) is 37.1 Å². The van der Waals surface area contributed by atoms with E-state index >= 15 is 0 Å². The fourth-order valence-electron chi connectivity index (χ4n) is 6.64. The number of phenolic OH excluding ortho intramolecular Hbond substituents is 1. The number of nitro groups is 1. The Morgan fingerprint density at radius 2 is 1.72 bits per heavy atom. The smallest absolute Gasteiger partial charge is 0.293 e. The number of amides is 2. The lowest BCUT2D eigenvalue weighted by Crippen LogP contribution is -2.53. The van der Waals surface area contributed by atoms with E-state index in [4.69, 9.17) is 4.74 Å². The monoisotopic (exact) mass is 628 g/mol. The summed E-state index contributed by atoms with van der Waals surface area (Å²) in [5.74, 6) is -0.884. The number of nitrogens with zero attached hydrogens (tertiary/aromatic N) is 3. The standard InChI is InChI=1S/C35H37FN4O6/c36-27-12-7-23(8-13-27)18-32-35(43)39(21-24-9-14-28(41)15-10-24)33(25-4-1-2-5-25)22-38(32)30-16-11-26(19-31(30)40(44)45)34(42)37-20-29-6-3-17-46-29/h7-16,19,22,25,29,32,41H,1-6,17-18,20-21H2,(H,37,42)/t29-,32+/m1/s1. The molecule has 2 amide bonds. The van der Waals surface area contributed by atoms with E-state index in [1.54, 1.807) is 52.3 Å². The predicted molar refractivity (Wildman–Crippen MR) is 169 cm³/mol. The Morgan fingerprint density at radius 1 is 1.00 bits per heavy atom. The zero-order valence-corrected chi connectivity index (χ0v) is 25.4. The molecule has 0 spiro atoms. The van der Waals surface area contributed by atoms with Crippen LogP contribution < -0.4 is 10.2 Å². The fraction of sp³-hybridized carbons (Fsp3) is 0.371. The number of hydrogen-bond acceptors (Lipinski definition) is 7. The first-order valence-electron chi connectivity index (χ1n) is 15.8. The molecular weight excluding hydrogens is 591 g/mol. The normalized spacial score (nSPS) is 20.2. The molecular formula is C35H37FN4O6. The summed E-state index contributed by atoms with van der Waals surface area (Å²) in [5, 5.41) is 25.1. The van der Waals surface area contributed by atoms with Crippen molar-refractivity contribution in [3.63, 3.8) is 0 Å². The molecule has 3 aromatic carbocycles. The number of rotatable bonds is 10. The van der Waals surface area contributed by atoms with Crippen LogP contribution in [0.15, 0.2) is 78.6 Å². The van der Waals surface area contributed by atoms with Crippen LogP contribution in [0.2, 0.25) is 0 Å². The largest absolute Gasteiger partial charge is 0.508 e. The summed E-state index contributed by atoms with van der Waals surface area (Å²) in [6, 6.07) is 16.0. The van der Waals surface area contributed by atoms with Gasteiger partial charge in [0.25, 0.3) is 17.5 Å². The molecule has 3 aliphatic rings. The third-order valence-electron chi connectivity index (χ3n) is 9.09. The molecule has 1 aliphatic carbocycles. The predicted octanol–water partition coefficient (Wildman–Crippen LogP) is 5.84. The van der Waals surface area contributed by atoms with E-state index in [9.17, 15) is 29.2 Å². The lowest BCUT2D eigenvalue weighted by molar-refractivity contribution is -0.384. The molecule has 0 radical (unpaired) electrons. The number of carbonyl (C=O) groups excluding carboxylic acids is 2. The molecule has 2 heterocycles. The van der Waals surface area contributed by atoms with Gasteiger partial charge in [-0.3, -0.25) is 19.7 Å². The summed E-state index contributed by atoms with van der Waals surface area (Å²) in [6.45, 7) is 1.23. The second-order valence-electron chi connectivity index (χ2n) is 12.2. The summed E-state index contributed by atoms with van der Waals surface area (Å²) in [7, 11) is 0. The van der Waals surface area contributed by atoms with Crippen LogP contribution in [-0.4, -0.2) is 52.0 Å². The van der Waals surface area contributed by atoms with Crippen LogP contribution in [0.1, 0.15) is 60.0 Å². The first-order valence-corrected chi connectivity index (χ1v) is 15.8. The molecule has 0 aromatic heterocycles. The molecule has 2 atom stereocenters. The number of allylic oxidation sites excluding steroid dienone is 1. The number of aromatic hydroxyl groups is 1. The maximum Gasteiger partial charge on any atom is 0.293 e. The molecule has 2 N–H and O–H groups in total. The average molecular weight is 629 g/mol. The Kier molecular flexibility index (Phi) is 9.30. The molecule has 0 unspecified atom stereocenters. The van der Waals surface area contributed by atoms with Crippen LogP contribution in [0.3, 0.4) is 0 Å². The minimum Gasteiger partial charge on any atom is -0.508 e. The van der Waals surface area contributed by atoms with Crippen molar-refractivity contribution in [2.24, 2.45) is 5.92 Å². The van der Waals surface area contributed by atoms with E-state index in [-0.39, 0.29) is 53.6 Å². The van der Waals surface area contributed by atoms with Gasteiger partial charge >= 0.3 is 0 Å². The summed E-state index contributed by atoms with van der Waals surface area (Å²) in [5.41, 5.74) is 2.34. The van der Waals surface area contributed by atoms with Crippen LogP contribution in [-0.2, 0) is 22.5 Å². The lowest BCUT2D eigenvalue weighted by Gasteiger charge is -2.42. The summed E-state index contributed by atoms with van der Waals surface area (Å²) in [6.07, 6.45) is 7.51. The Bertz CT molecular complexity index is 1610.